The lowest BCUT2D eigenvalue weighted by molar-refractivity contribution is -0.142. The van der Waals surface area contributed by atoms with E-state index in [0.717, 1.165) is 25.9 Å². The zero-order valence-corrected chi connectivity index (χ0v) is 11.6. The highest BCUT2D eigenvalue weighted by Crippen LogP contribution is 2.16. The van der Waals surface area contributed by atoms with Gasteiger partial charge in [-0.25, -0.2) is 9.48 Å². The lowest BCUT2D eigenvalue weighted by Crippen LogP contribution is -2.39. The Hall–Kier alpha value is -1.96. The van der Waals surface area contributed by atoms with Gasteiger partial charge in [-0.3, -0.25) is 4.79 Å². The van der Waals surface area contributed by atoms with Gasteiger partial charge in [0.15, 0.2) is 5.69 Å². The molecule has 0 spiro atoms. The van der Waals surface area contributed by atoms with Crippen LogP contribution in [0.1, 0.15) is 36.3 Å². The standard InChI is InChI=1S/C12H19N5O3/c1-8(12(19)20-2)14-11(18)10-7-17(16-15-10)9-3-5-13-6-4-9/h7-9,13H,3-6H2,1-2H3,(H,14,18)/t8-/m0/s1. The number of esters is 1. The number of hydrogen-bond donors (Lipinski definition) is 2. The minimum absolute atomic E-state index is 0.208. The Kier molecular flexibility index (Phi) is 4.67. The zero-order valence-electron chi connectivity index (χ0n) is 11.6. The summed E-state index contributed by atoms with van der Waals surface area (Å²) in [4.78, 5) is 23.2. The predicted octanol–water partition coefficient (Wildman–Crippen LogP) is -0.506. The average molecular weight is 281 g/mol. The van der Waals surface area contributed by atoms with E-state index in [1.54, 1.807) is 17.8 Å². The van der Waals surface area contributed by atoms with Crippen LogP contribution < -0.4 is 10.6 Å². The van der Waals surface area contributed by atoms with Gasteiger partial charge in [0.25, 0.3) is 5.91 Å². The normalized spacial score (nSPS) is 17.5. The molecule has 0 bridgehead atoms. The molecule has 1 aliphatic heterocycles. The summed E-state index contributed by atoms with van der Waals surface area (Å²) in [5.74, 6) is -0.924. The van der Waals surface area contributed by atoms with Crippen molar-refractivity contribution in [2.45, 2.75) is 31.8 Å². The quantitative estimate of drug-likeness (QED) is 0.722. The van der Waals surface area contributed by atoms with Crippen molar-refractivity contribution in [3.8, 4) is 0 Å². The first-order valence-electron chi connectivity index (χ1n) is 6.63. The third-order valence-corrected chi connectivity index (χ3v) is 3.33. The molecule has 1 saturated heterocycles. The van der Waals surface area contributed by atoms with E-state index >= 15 is 0 Å². The molecule has 0 aromatic carbocycles. The number of carbonyl (C=O) groups excluding carboxylic acids is 2. The van der Waals surface area contributed by atoms with Gasteiger partial charge < -0.3 is 15.4 Å². The molecule has 2 rings (SSSR count). The zero-order chi connectivity index (χ0) is 14.5. The van der Waals surface area contributed by atoms with Crippen molar-refractivity contribution in [3.63, 3.8) is 0 Å². The first kappa shape index (κ1) is 14.4. The van der Waals surface area contributed by atoms with Crippen LogP contribution >= 0.6 is 0 Å². The maximum atomic E-state index is 11.9. The lowest BCUT2D eigenvalue weighted by Gasteiger charge is -2.22. The monoisotopic (exact) mass is 281 g/mol. The van der Waals surface area contributed by atoms with E-state index in [1.807, 2.05) is 0 Å². The third-order valence-electron chi connectivity index (χ3n) is 3.33. The summed E-state index contributed by atoms with van der Waals surface area (Å²) in [5.41, 5.74) is 0.208. The number of ether oxygens (including phenoxy) is 1. The van der Waals surface area contributed by atoms with Crippen LogP contribution in [-0.4, -0.2) is 53.1 Å². The number of nitrogens with one attached hydrogen (secondary N) is 2. The van der Waals surface area contributed by atoms with E-state index in [2.05, 4.69) is 25.7 Å². The lowest BCUT2D eigenvalue weighted by atomic mass is 10.1. The SMILES string of the molecule is COC(=O)[C@H](C)NC(=O)c1cn(C2CCNCC2)nn1. The summed E-state index contributed by atoms with van der Waals surface area (Å²) in [6.07, 6.45) is 3.54. The number of piperidine rings is 1. The number of nitrogens with zero attached hydrogens (tertiary/aromatic N) is 3. The molecule has 2 heterocycles. The average Bonchev–Trinajstić information content (AvgIpc) is 2.97. The molecule has 110 valence electrons. The van der Waals surface area contributed by atoms with Gasteiger partial charge >= 0.3 is 5.97 Å². The predicted molar refractivity (Wildman–Crippen MR) is 70.1 cm³/mol. The van der Waals surface area contributed by atoms with Crippen LogP contribution in [0.25, 0.3) is 0 Å². The maximum Gasteiger partial charge on any atom is 0.328 e. The molecule has 0 saturated carbocycles. The molecule has 1 fully saturated rings. The van der Waals surface area contributed by atoms with E-state index in [4.69, 9.17) is 0 Å². The van der Waals surface area contributed by atoms with Gasteiger partial charge in [-0.1, -0.05) is 5.21 Å². The Labute approximate surface area is 116 Å². The summed E-state index contributed by atoms with van der Waals surface area (Å²) in [5, 5.41) is 13.6. The van der Waals surface area contributed by atoms with Crippen LogP contribution in [0, 0.1) is 0 Å². The molecule has 0 aliphatic carbocycles. The second-order valence-corrected chi connectivity index (χ2v) is 4.78. The topological polar surface area (TPSA) is 98.1 Å². The molecule has 8 nitrogen and oxygen atoms in total. The summed E-state index contributed by atoms with van der Waals surface area (Å²) in [6, 6.07) is -0.445. The number of rotatable bonds is 4. The molecule has 1 aliphatic rings. The fraction of sp³-hybridized carbons (Fsp3) is 0.667. The van der Waals surface area contributed by atoms with Gasteiger partial charge in [0.1, 0.15) is 6.04 Å². The molecular formula is C12H19N5O3. The molecule has 8 heteroatoms. The number of aromatic nitrogens is 3. The Morgan fingerprint density at radius 1 is 1.50 bits per heavy atom. The maximum absolute atomic E-state index is 11.9. The molecule has 2 N–H and O–H groups in total. The molecule has 1 aromatic rings. The highest BCUT2D eigenvalue weighted by molar-refractivity contribution is 5.94. The highest BCUT2D eigenvalue weighted by Gasteiger charge is 2.21. The van der Waals surface area contributed by atoms with Crippen LogP contribution in [0.5, 0.6) is 0 Å². The van der Waals surface area contributed by atoms with Crippen molar-refractivity contribution in [2.75, 3.05) is 20.2 Å². The number of hydrogen-bond acceptors (Lipinski definition) is 6. The smallest absolute Gasteiger partial charge is 0.328 e. The molecule has 20 heavy (non-hydrogen) atoms. The Balaban J connectivity index is 1.97. The highest BCUT2D eigenvalue weighted by atomic mass is 16.5. The van der Waals surface area contributed by atoms with Crippen molar-refractivity contribution in [3.05, 3.63) is 11.9 Å². The fourth-order valence-corrected chi connectivity index (χ4v) is 2.14. The molecular weight excluding hydrogens is 262 g/mol. The summed E-state index contributed by atoms with van der Waals surface area (Å²) >= 11 is 0. The van der Waals surface area contributed by atoms with Crippen molar-refractivity contribution in [2.24, 2.45) is 0 Å². The van der Waals surface area contributed by atoms with Gasteiger partial charge in [-0.05, 0) is 32.9 Å². The molecule has 1 aromatic heterocycles. The molecule has 1 atom stereocenters. The van der Waals surface area contributed by atoms with Gasteiger partial charge in [0, 0.05) is 0 Å². The number of methoxy groups -OCH3 is 1. The van der Waals surface area contributed by atoms with Gasteiger partial charge in [0.05, 0.1) is 19.3 Å². The van der Waals surface area contributed by atoms with Gasteiger partial charge in [-0.2, -0.15) is 0 Å². The molecule has 0 unspecified atom stereocenters. The van der Waals surface area contributed by atoms with Gasteiger partial charge in [0.2, 0.25) is 0 Å². The molecule has 1 amide bonds. The Morgan fingerprint density at radius 3 is 2.85 bits per heavy atom. The van der Waals surface area contributed by atoms with Crippen LogP contribution in [0.15, 0.2) is 6.20 Å². The van der Waals surface area contributed by atoms with E-state index in [9.17, 15) is 9.59 Å². The van der Waals surface area contributed by atoms with Crippen LogP contribution in [0.2, 0.25) is 0 Å². The second kappa shape index (κ2) is 6.47. The summed E-state index contributed by atoms with van der Waals surface area (Å²) in [7, 11) is 1.28. The summed E-state index contributed by atoms with van der Waals surface area (Å²) < 4.78 is 6.27. The van der Waals surface area contributed by atoms with Crippen LogP contribution in [0.4, 0.5) is 0 Å². The van der Waals surface area contributed by atoms with E-state index < -0.39 is 17.9 Å². The van der Waals surface area contributed by atoms with Crippen molar-refractivity contribution >= 4 is 11.9 Å². The van der Waals surface area contributed by atoms with Crippen molar-refractivity contribution in [1.29, 1.82) is 0 Å². The molecule has 0 radical (unpaired) electrons. The number of carbonyl (C=O) groups is 2. The van der Waals surface area contributed by atoms with E-state index in [0.29, 0.717) is 0 Å². The first-order valence-corrected chi connectivity index (χ1v) is 6.63. The minimum atomic E-state index is -0.712. The Morgan fingerprint density at radius 2 is 2.20 bits per heavy atom. The summed E-state index contributed by atoms with van der Waals surface area (Å²) in [6.45, 7) is 3.43. The minimum Gasteiger partial charge on any atom is -0.467 e. The van der Waals surface area contributed by atoms with Crippen molar-refractivity contribution in [1.82, 2.24) is 25.6 Å². The van der Waals surface area contributed by atoms with E-state index in [-0.39, 0.29) is 11.7 Å². The Bertz CT molecular complexity index is 481. The van der Waals surface area contributed by atoms with Crippen molar-refractivity contribution < 1.29 is 14.3 Å². The third kappa shape index (κ3) is 3.32. The van der Waals surface area contributed by atoms with Gasteiger partial charge in [-0.15, -0.1) is 5.10 Å². The first-order chi connectivity index (χ1) is 9.61. The second-order valence-electron chi connectivity index (χ2n) is 4.78. The number of amides is 1. The van der Waals surface area contributed by atoms with E-state index in [1.165, 1.54) is 7.11 Å². The fourth-order valence-electron chi connectivity index (χ4n) is 2.14. The van der Waals surface area contributed by atoms with Crippen LogP contribution in [0.3, 0.4) is 0 Å². The largest absolute Gasteiger partial charge is 0.467 e. The van der Waals surface area contributed by atoms with Crippen LogP contribution in [-0.2, 0) is 9.53 Å².